The van der Waals surface area contributed by atoms with Gasteiger partial charge in [-0.25, -0.2) is 0 Å². The molecule has 0 spiro atoms. The highest BCUT2D eigenvalue weighted by Gasteiger charge is 2.07. The van der Waals surface area contributed by atoms with E-state index in [9.17, 15) is 14.4 Å². The summed E-state index contributed by atoms with van der Waals surface area (Å²) in [5, 5.41) is 13.6. The van der Waals surface area contributed by atoms with Crippen molar-refractivity contribution in [1.82, 2.24) is 5.32 Å². The molecule has 0 unspecified atom stereocenters. The van der Waals surface area contributed by atoms with Crippen molar-refractivity contribution in [3.63, 3.8) is 0 Å². The van der Waals surface area contributed by atoms with Crippen molar-refractivity contribution in [2.24, 2.45) is 0 Å². The fraction of sp³-hybridized carbons (Fsp3) is 0.250. The number of anilines is 1. The molecule has 7 nitrogen and oxygen atoms in total. The number of benzene rings is 2. The van der Waals surface area contributed by atoms with Gasteiger partial charge in [0.25, 0.3) is 0 Å². The molecule has 2 amide bonds. The van der Waals surface area contributed by atoms with Crippen molar-refractivity contribution in [3.8, 4) is 5.75 Å². The molecule has 0 aliphatic carbocycles. The van der Waals surface area contributed by atoms with Gasteiger partial charge in [0, 0.05) is 12.1 Å². The molecule has 2 aromatic carbocycles. The number of methoxy groups -OCH3 is 1. The van der Waals surface area contributed by atoms with Gasteiger partial charge in [-0.05, 0) is 41.8 Å². The maximum absolute atomic E-state index is 12.1. The van der Waals surface area contributed by atoms with Crippen LogP contribution in [0, 0.1) is 0 Å². The molecule has 0 bridgehead atoms. The van der Waals surface area contributed by atoms with Crippen LogP contribution in [-0.4, -0.2) is 36.5 Å². The third-order valence-electron chi connectivity index (χ3n) is 3.84. The lowest BCUT2D eigenvalue weighted by atomic mass is 10.1. The van der Waals surface area contributed by atoms with Crippen LogP contribution in [-0.2, 0) is 27.2 Å². The van der Waals surface area contributed by atoms with Gasteiger partial charge >= 0.3 is 5.97 Å². The van der Waals surface area contributed by atoms with Crippen LogP contribution in [0.25, 0.3) is 0 Å². The first-order valence-electron chi connectivity index (χ1n) is 8.46. The quantitative estimate of drug-likeness (QED) is 0.626. The number of amides is 2. The third-order valence-corrected chi connectivity index (χ3v) is 3.84. The summed E-state index contributed by atoms with van der Waals surface area (Å²) in [7, 11) is 1.61. The van der Waals surface area contributed by atoms with Gasteiger partial charge in [0.2, 0.25) is 11.8 Å². The number of hydrogen-bond donors (Lipinski definition) is 3. The number of rotatable bonds is 9. The Labute approximate surface area is 157 Å². The Morgan fingerprint density at radius 1 is 0.926 bits per heavy atom. The molecule has 0 aromatic heterocycles. The zero-order chi connectivity index (χ0) is 19.6. The van der Waals surface area contributed by atoms with Crippen LogP contribution in [0.4, 0.5) is 5.69 Å². The zero-order valence-electron chi connectivity index (χ0n) is 15.0. The highest BCUT2D eigenvalue weighted by molar-refractivity contribution is 5.91. The number of aryl methyl sites for hydroxylation is 1. The maximum atomic E-state index is 12.1. The van der Waals surface area contributed by atoms with E-state index in [0.29, 0.717) is 18.5 Å². The Bertz CT molecular complexity index is 785. The summed E-state index contributed by atoms with van der Waals surface area (Å²) in [6, 6.07) is 14.4. The number of carbonyl (C=O) groups excluding carboxylic acids is 2. The van der Waals surface area contributed by atoms with Crippen LogP contribution in [0.3, 0.4) is 0 Å². The largest absolute Gasteiger partial charge is 0.497 e. The zero-order valence-corrected chi connectivity index (χ0v) is 15.0. The lowest BCUT2D eigenvalue weighted by molar-refractivity contribution is -0.137. The topological polar surface area (TPSA) is 105 Å². The summed E-state index contributed by atoms with van der Waals surface area (Å²) >= 11 is 0. The number of nitrogens with one attached hydrogen (secondary N) is 2. The molecule has 0 aliphatic heterocycles. The molecule has 7 heteroatoms. The molecule has 0 fully saturated rings. The van der Waals surface area contributed by atoms with E-state index in [0.717, 1.165) is 16.9 Å². The number of ether oxygens (including phenoxy) is 1. The Morgan fingerprint density at radius 3 is 2.15 bits per heavy atom. The van der Waals surface area contributed by atoms with E-state index < -0.39 is 12.5 Å². The van der Waals surface area contributed by atoms with Gasteiger partial charge in [-0.15, -0.1) is 0 Å². The summed E-state index contributed by atoms with van der Waals surface area (Å²) in [4.78, 5) is 34.1. The van der Waals surface area contributed by atoms with Crippen LogP contribution in [0.5, 0.6) is 5.75 Å². The number of carboxylic acids is 1. The second kappa shape index (κ2) is 9.96. The third kappa shape index (κ3) is 7.19. The van der Waals surface area contributed by atoms with Crippen molar-refractivity contribution in [2.75, 3.05) is 19.0 Å². The van der Waals surface area contributed by atoms with Crippen LogP contribution in [0.1, 0.15) is 17.5 Å². The van der Waals surface area contributed by atoms with Crippen molar-refractivity contribution in [2.45, 2.75) is 19.3 Å². The van der Waals surface area contributed by atoms with Crippen molar-refractivity contribution >= 4 is 23.5 Å². The van der Waals surface area contributed by atoms with Gasteiger partial charge in [0.15, 0.2) is 0 Å². The van der Waals surface area contributed by atoms with Crippen LogP contribution < -0.4 is 15.4 Å². The van der Waals surface area contributed by atoms with Gasteiger partial charge in [-0.2, -0.15) is 0 Å². The molecule has 0 radical (unpaired) electrons. The highest BCUT2D eigenvalue weighted by atomic mass is 16.5. The minimum atomic E-state index is -1.09. The second-order valence-corrected chi connectivity index (χ2v) is 5.94. The van der Waals surface area contributed by atoms with E-state index in [2.05, 4.69) is 10.6 Å². The number of carbonyl (C=O) groups is 3. The highest BCUT2D eigenvalue weighted by Crippen LogP contribution is 2.14. The average Bonchev–Trinajstić information content (AvgIpc) is 2.66. The molecule has 0 saturated heterocycles. The number of aliphatic carboxylic acids is 1. The molecule has 142 valence electrons. The maximum Gasteiger partial charge on any atom is 0.322 e. The predicted molar refractivity (Wildman–Crippen MR) is 101 cm³/mol. The first-order valence-corrected chi connectivity index (χ1v) is 8.46. The van der Waals surface area contributed by atoms with Gasteiger partial charge < -0.3 is 20.5 Å². The Kier molecular flexibility index (Phi) is 7.37. The molecule has 0 atom stereocenters. The fourth-order valence-corrected chi connectivity index (χ4v) is 2.40. The Balaban J connectivity index is 1.78. The SMILES string of the molecule is COc1ccc(CCC(=O)Nc2ccc(CC(=O)NCC(=O)O)cc2)cc1. The molecular weight excluding hydrogens is 348 g/mol. The predicted octanol–water partition coefficient (Wildman–Crippen LogP) is 2.01. The molecular formula is C20H22N2O5. The van der Waals surface area contributed by atoms with Crippen molar-refractivity contribution in [1.29, 1.82) is 0 Å². The molecule has 0 aliphatic rings. The fourth-order valence-electron chi connectivity index (χ4n) is 2.40. The normalized spacial score (nSPS) is 10.1. The van der Waals surface area contributed by atoms with E-state index in [1.165, 1.54) is 0 Å². The summed E-state index contributed by atoms with van der Waals surface area (Å²) in [5.74, 6) is -0.776. The van der Waals surface area contributed by atoms with Crippen LogP contribution in [0.2, 0.25) is 0 Å². The summed E-state index contributed by atoms with van der Waals surface area (Å²) in [6.45, 7) is -0.402. The molecule has 3 N–H and O–H groups in total. The molecule has 2 aromatic rings. The molecule has 0 heterocycles. The van der Waals surface area contributed by atoms with Crippen LogP contribution >= 0.6 is 0 Å². The van der Waals surface area contributed by atoms with Gasteiger partial charge in [-0.3, -0.25) is 14.4 Å². The second-order valence-electron chi connectivity index (χ2n) is 5.94. The lowest BCUT2D eigenvalue weighted by Gasteiger charge is -2.07. The smallest absolute Gasteiger partial charge is 0.322 e. The average molecular weight is 370 g/mol. The van der Waals surface area contributed by atoms with E-state index >= 15 is 0 Å². The van der Waals surface area contributed by atoms with E-state index in [-0.39, 0.29) is 18.2 Å². The molecule has 27 heavy (non-hydrogen) atoms. The first kappa shape index (κ1) is 20.0. The summed E-state index contributed by atoms with van der Waals surface area (Å²) in [6.07, 6.45) is 1.06. The van der Waals surface area contributed by atoms with Crippen molar-refractivity contribution in [3.05, 3.63) is 59.7 Å². The Morgan fingerprint density at radius 2 is 1.56 bits per heavy atom. The number of hydrogen-bond acceptors (Lipinski definition) is 4. The summed E-state index contributed by atoms with van der Waals surface area (Å²) < 4.78 is 5.10. The standard InChI is InChI=1S/C20H22N2O5/c1-27-17-9-4-14(5-10-17)6-11-18(23)22-16-7-2-15(3-8-16)12-19(24)21-13-20(25)26/h2-5,7-10H,6,11-13H2,1H3,(H,21,24)(H,22,23)(H,25,26). The lowest BCUT2D eigenvalue weighted by Crippen LogP contribution is -2.30. The summed E-state index contributed by atoms with van der Waals surface area (Å²) in [5.41, 5.74) is 2.42. The van der Waals surface area contributed by atoms with Gasteiger partial charge in [0.05, 0.1) is 13.5 Å². The minimum absolute atomic E-state index is 0.0823. The molecule has 2 rings (SSSR count). The minimum Gasteiger partial charge on any atom is -0.497 e. The van der Waals surface area contributed by atoms with E-state index in [1.807, 2.05) is 24.3 Å². The van der Waals surface area contributed by atoms with Gasteiger partial charge in [-0.1, -0.05) is 24.3 Å². The van der Waals surface area contributed by atoms with Crippen molar-refractivity contribution < 1.29 is 24.2 Å². The Hall–Kier alpha value is -3.35. The van der Waals surface area contributed by atoms with E-state index in [1.54, 1.807) is 31.4 Å². The number of carboxylic acid groups (broad SMARTS) is 1. The first-order chi connectivity index (χ1) is 13.0. The van der Waals surface area contributed by atoms with Crippen LogP contribution in [0.15, 0.2) is 48.5 Å². The van der Waals surface area contributed by atoms with E-state index in [4.69, 9.17) is 9.84 Å². The monoisotopic (exact) mass is 370 g/mol. The molecule has 0 saturated carbocycles. The van der Waals surface area contributed by atoms with Gasteiger partial charge in [0.1, 0.15) is 12.3 Å².